The molecule has 0 unspecified atom stereocenters. The van der Waals surface area contributed by atoms with Crippen LogP contribution in [-0.4, -0.2) is 34.7 Å². The molecule has 2 aromatic rings. The summed E-state index contributed by atoms with van der Waals surface area (Å²) in [4.78, 5) is 17.3. The van der Waals surface area contributed by atoms with Crippen molar-refractivity contribution < 1.29 is 0 Å². The van der Waals surface area contributed by atoms with Crippen LogP contribution in [0.2, 0.25) is 19.6 Å². The summed E-state index contributed by atoms with van der Waals surface area (Å²) in [6.45, 7) is 9.88. The minimum absolute atomic E-state index is 0.661. The molecule has 90 valence electrons. The van der Waals surface area contributed by atoms with Crippen molar-refractivity contribution in [3.05, 3.63) is 18.6 Å². The highest BCUT2D eigenvalue weighted by atomic mass is 28.3. The van der Waals surface area contributed by atoms with Crippen molar-refractivity contribution in [1.29, 1.82) is 0 Å². The zero-order chi connectivity index (χ0) is 12.5. The monoisotopic (exact) mass is 247 g/mol. The van der Waals surface area contributed by atoms with Crippen LogP contribution in [0.15, 0.2) is 18.6 Å². The maximum Gasteiger partial charge on any atom is 0.219 e. The molecule has 0 spiro atoms. The average Bonchev–Trinajstić information content (AvgIpc) is 2.28. The van der Waals surface area contributed by atoms with Gasteiger partial charge >= 0.3 is 0 Å². The normalized spacial score (nSPS) is 11.8. The Labute approximate surface area is 102 Å². The Morgan fingerprint density at radius 2 is 1.82 bits per heavy atom. The molecule has 2 rings (SSSR count). The third-order valence-corrected chi connectivity index (χ3v) is 4.72. The minimum atomic E-state index is -1.45. The maximum atomic E-state index is 4.49. The van der Waals surface area contributed by atoms with E-state index in [1.807, 2.05) is 0 Å². The summed E-state index contributed by atoms with van der Waals surface area (Å²) in [6.07, 6.45) is 5.05. The Morgan fingerprint density at radius 3 is 2.47 bits per heavy atom. The lowest BCUT2D eigenvalue weighted by atomic mass is 10.5. The fraction of sp³-hybridized carbons (Fsp3) is 0.455. The van der Waals surface area contributed by atoms with Crippen LogP contribution in [0.1, 0.15) is 6.92 Å². The topological polar surface area (TPSA) is 54.8 Å². The number of anilines is 1. The van der Waals surface area contributed by atoms with E-state index < -0.39 is 8.24 Å². The van der Waals surface area contributed by atoms with Gasteiger partial charge in [-0.05, 0) is 6.92 Å². The van der Waals surface area contributed by atoms with Gasteiger partial charge in [0.2, 0.25) is 5.95 Å². The summed E-state index contributed by atoms with van der Waals surface area (Å²) in [7, 11) is -1.45. The quantitative estimate of drug-likeness (QED) is 0.777. The van der Waals surface area contributed by atoms with E-state index in [1.165, 1.54) is 0 Å². The molecule has 17 heavy (non-hydrogen) atoms. The van der Waals surface area contributed by atoms with Crippen molar-refractivity contribution in [2.75, 3.05) is 11.1 Å². The zero-order valence-electron chi connectivity index (χ0n) is 10.7. The standard InChI is InChI=1S/C11H17N5Si/c1-5-16(17(2,3)4)11-14-8-9-10(15-11)13-7-6-12-9/h6-8H,5H2,1-4H3. The van der Waals surface area contributed by atoms with E-state index in [2.05, 4.69) is 51.1 Å². The Balaban J connectivity index is 2.48. The van der Waals surface area contributed by atoms with Crippen LogP contribution in [0, 0.1) is 0 Å². The first kappa shape index (κ1) is 11.9. The summed E-state index contributed by atoms with van der Waals surface area (Å²) in [6, 6.07) is 0. The molecule has 0 saturated carbocycles. The Morgan fingerprint density at radius 1 is 1.12 bits per heavy atom. The van der Waals surface area contributed by atoms with E-state index in [9.17, 15) is 0 Å². The molecule has 2 aromatic heterocycles. The second-order valence-corrected chi connectivity index (χ2v) is 9.73. The van der Waals surface area contributed by atoms with E-state index in [0.29, 0.717) is 5.65 Å². The molecule has 0 amide bonds. The van der Waals surface area contributed by atoms with Crippen LogP contribution in [0.4, 0.5) is 5.95 Å². The SMILES string of the molecule is CCN(c1ncc2nccnc2n1)[Si](C)(C)C. The fourth-order valence-corrected chi connectivity index (χ4v) is 3.46. The summed E-state index contributed by atoms with van der Waals surface area (Å²) < 4.78 is 2.28. The van der Waals surface area contributed by atoms with Crippen LogP contribution in [0.3, 0.4) is 0 Å². The molecule has 0 aromatic carbocycles. The van der Waals surface area contributed by atoms with Crippen LogP contribution in [0.25, 0.3) is 11.2 Å². The summed E-state index contributed by atoms with van der Waals surface area (Å²) in [5.41, 5.74) is 1.40. The molecular formula is C11H17N5Si. The molecular weight excluding hydrogens is 230 g/mol. The molecule has 0 bridgehead atoms. The first-order valence-electron chi connectivity index (χ1n) is 5.74. The molecule has 0 aliphatic heterocycles. The van der Waals surface area contributed by atoms with Gasteiger partial charge in [0.1, 0.15) is 5.52 Å². The predicted molar refractivity (Wildman–Crippen MR) is 71.5 cm³/mol. The van der Waals surface area contributed by atoms with Crippen LogP contribution < -0.4 is 4.57 Å². The van der Waals surface area contributed by atoms with Crippen molar-refractivity contribution >= 4 is 25.3 Å². The largest absolute Gasteiger partial charge is 0.368 e. The average molecular weight is 247 g/mol. The van der Waals surface area contributed by atoms with Crippen LogP contribution in [-0.2, 0) is 0 Å². The third kappa shape index (κ3) is 2.41. The molecule has 0 atom stereocenters. The Hall–Kier alpha value is -1.56. The van der Waals surface area contributed by atoms with Crippen LogP contribution in [0.5, 0.6) is 0 Å². The zero-order valence-corrected chi connectivity index (χ0v) is 11.7. The molecule has 0 aliphatic carbocycles. The molecule has 6 heteroatoms. The van der Waals surface area contributed by atoms with Gasteiger partial charge in [-0.25, -0.2) is 15.0 Å². The first-order valence-corrected chi connectivity index (χ1v) is 9.18. The van der Waals surface area contributed by atoms with Crippen molar-refractivity contribution in [3.63, 3.8) is 0 Å². The second-order valence-electron chi connectivity index (χ2n) is 4.85. The van der Waals surface area contributed by atoms with Crippen molar-refractivity contribution in [2.24, 2.45) is 0 Å². The van der Waals surface area contributed by atoms with E-state index >= 15 is 0 Å². The van der Waals surface area contributed by atoms with Crippen molar-refractivity contribution in [2.45, 2.75) is 26.6 Å². The van der Waals surface area contributed by atoms with E-state index in [0.717, 1.165) is 18.0 Å². The predicted octanol–water partition coefficient (Wildman–Crippen LogP) is 2.08. The number of nitrogens with zero attached hydrogens (tertiary/aromatic N) is 5. The Kier molecular flexibility index (Phi) is 3.06. The van der Waals surface area contributed by atoms with E-state index in [1.54, 1.807) is 18.6 Å². The van der Waals surface area contributed by atoms with Crippen molar-refractivity contribution in [1.82, 2.24) is 19.9 Å². The van der Waals surface area contributed by atoms with Gasteiger partial charge in [0.25, 0.3) is 0 Å². The van der Waals surface area contributed by atoms with Gasteiger partial charge in [-0.15, -0.1) is 0 Å². The number of hydrogen-bond donors (Lipinski definition) is 0. The highest BCUT2D eigenvalue weighted by Gasteiger charge is 2.25. The van der Waals surface area contributed by atoms with Gasteiger partial charge in [0.05, 0.1) is 6.20 Å². The van der Waals surface area contributed by atoms with Gasteiger partial charge in [0.15, 0.2) is 13.9 Å². The molecule has 0 aliphatic rings. The molecule has 0 fully saturated rings. The lowest BCUT2D eigenvalue weighted by Gasteiger charge is -2.32. The summed E-state index contributed by atoms with van der Waals surface area (Å²) in [5, 5.41) is 0. The third-order valence-electron chi connectivity index (χ3n) is 2.58. The first-order chi connectivity index (χ1) is 8.02. The number of rotatable bonds is 3. The highest BCUT2D eigenvalue weighted by Crippen LogP contribution is 2.18. The smallest absolute Gasteiger partial charge is 0.219 e. The molecule has 5 nitrogen and oxygen atoms in total. The summed E-state index contributed by atoms with van der Waals surface area (Å²) in [5.74, 6) is 0.764. The van der Waals surface area contributed by atoms with Gasteiger partial charge in [-0.2, -0.15) is 4.98 Å². The number of aromatic nitrogens is 4. The fourth-order valence-electron chi connectivity index (χ4n) is 1.81. The number of hydrogen-bond acceptors (Lipinski definition) is 5. The van der Waals surface area contributed by atoms with Gasteiger partial charge < -0.3 is 4.57 Å². The minimum Gasteiger partial charge on any atom is -0.368 e. The molecule has 2 heterocycles. The van der Waals surface area contributed by atoms with Crippen molar-refractivity contribution in [3.8, 4) is 0 Å². The molecule has 0 N–H and O–H groups in total. The van der Waals surface area contributed by atoms with Crippen LogP contribution >= 0.6 is 0 Å². The van der Waals surface area contributed by atoms with Gasteiger partial charge in [0, 0.05) is 18.9 Å². The van der Waals surface area contributed by atoms with Gasteiger partial charge in [-0.3, -0.25) is 0 Å². The Bertz CT molecular complexity index is 522. The maximum absolute atomic E-state index is 4.49. The second kappa shape index (κ2) is 4.36. The highest BCUT2D eigenvalue weighted by molar-refractivity contribution is 6.79. The lowest BCUT2D eigenvalue weighted by molar-refractivity contribution is 0.974. The number of fused-ring (bicyclic) bond motifs is 1. The van der Waals surface area contributed by atoms with Gasteiger partial charge in [-0.1, -0.05) is 19.6 Å². The lowest BCUT2D eigenvalue weighted by Crippen LogP contribution is -2.47. The van der Waals surface area contributed by atoms with E-state index in [4.69, 9.17) is 0 Å². The van der Waals surface area contributed by atoms with E-state index in [-0.39, 0.29) is 0 Å². The molecule has 0 radical (unpaired) electrons. The molecule has 0 saturated heterocycles. The summed E-state index contributed by atoms with van der Waals surface area (Å²) >= 11 is 0.